The number of carboxylic acids is 1. The third kappa shape index (κ3) is 2.54. The zero-order valence-electron chi connectivity index (χ0n) is 10.9. The monoisotopic (exact) mass is 274 g/mol. The lowest BCUT2D eigenvalue weighted by molar-refractivity contribution is -0.120. The summed E-state index contributed by atoms with van der Waals surface area (Å²) in [6.45, 7) is 0.306. The Bertz CT molecular complexity index is 734. The number of carbonyl (C=O) groups excluding carboxylic acids is 1. The topological polar surface area (TPSA) is 88.4 Å². The average molecular weight is 274 g/mol. The molecule has 0 aliphatic heterocycles. The summed E-state index contributed by atoms with van der Waals surface area (Å²) in [7, 11) is 1.54. The quantitative estimate of drug-likeness (QED) is 0.864. The largest absolute Gasteiger partial charge is 0.477 e. The fourth-order valence-electron chi connectivity index (χ4n) is 2.03. The summed E-state index contributed by atoms with van der Waals surface area (Å²) >= 11 is 0. The Morgan fingerprint density at radius 3 is 2.65 bits per heavy atom. The molecule has 0 atom stereocenters. The molecule has 1 heterocycles. The summed E-state index contributed by atoms with van der Waals surface area (Å²) in [4.78, 5) is 34.5. The van der Waals surface area contributed by atoms with Gasteiger partial charge in [-0.25, -0.2) is 4.79 Å². The van der Waals surface area contributed by atoms with Crippen LogP contribution in [0.3, 0.4) is 0 Å². The zero-order chi connectivity index (χ0) is 14.7. The van der Waals surface area contributed by atoms with Gasteiger partial charge in [0.25, 0.3) is 0 Å². The first kappa shape index (κ1) is 13.8. The van der Waals surface area contributed by atoms with Gasteiger partial charge in [-0.2, -0.15) is 0 Å². The van der Waals surface area contributed by atoms with Crippen molar-refractivity contribution in [3.8, 4) is 0 Å². The molecule has 1 aromatic carbocycles. The van der Waals surface area contributed by atoms with Crippen LogP contribution >= 0.6 is 0 Å². The summed E-state index contributed by atoms with van der Waals surface area (Å²) in [6, 6.07) is 6.75. The van der Waals surface area contributed by atoms with E-state index in [1.807, 2.05) is 0 Å². The van der Waals surface area contributed by atoms with Gasteiger partial charge in [-0.15, -0.1) is 0 Å². The highest BCUT2D eigenvalue weighted by atomic mass is 16.4. The SMILES string of the molecule is CNC(=O)CCn1cc(C(=O)O)c(=O)c2ccccc21. The van der Waals surface area contributed by atoms with E-state index in [0.717, 1.165) is 0 Å². The van der Waals surface area contributed by atoms with Gasteiger partial charge in [-0.3, -0.25) is 9.59 Å². The lowest BCUT2D eigenvalue weighted by Crippen LogP contribution is -2.22. The maximum absolute atomic E-state index is 12.0. The van der Waals surface area contributed by atoms with Crippen LogP contribution in [-0.4, -0.2) is 28.6 Å². The van der Waals surface area contributed by atoms with Crippen LogP contribution in [0.15, 0.2) is 35.3 Å². The van der Waals surface area contributed by atoms with Gasteiger partial charge in [0.05, 0.1) is 5.52 Å². The standard InChI is InChI=1S/C14H14N2O4/c1-15-12(17)6-7-16-8-10(14(19)20)13(18)9-4-2-3-5-11(9)16/h2-5,8H,6-7H2,1H3,(H,15,17)(H,19,20). The molecule has 0 spiro atoms. The predicted molar refractivity (Wildman–Crippen MR) is 73.9 cm³/mol. The fourth-order valence-corrected chi connectivity index (χ4v) is 2.03. The number of aromatic nitrogens is 1. The first-order valence-corrected chi connectivity index (χ1v) is 6.10. The van der Waals surface area contributed by atoms with E-state index in [0.29, 0.717) is 17.4 Å². The molecule has 0 aliphatic carbocycles. The number of benzene rings is 1. The molecule has 0 aliphatic rings. The first-order chi connectivity index (χ1) is 9.54. The molecule has 2 rings (SSSR count). The van der Waals surface area contributed by atoms with Crippen molar-refractivity contribution < 1.29 is 14.7 Å². The molecule has 1 amide bonds. The number of rotatable bonds is 4. The molecule has 0 bridgehead atoms. The molecule has 2 aromatic rings. The van der Waals surface area contributed by atoms with Gasteiger partial charge in [-0.1, -0.05) is 12.1 Å². The summed E-state index contributed by atoms with van der Waals surface area (Å²) < 4.78 is 1.62. The van der Waals surface area contributed by atoms with Crippen molar-refractivity contribution >= 4 is 22.8 Å². The third-order valence-electron chi connectivity index (χ3n) is 3.08. The second-order valence-corrected chi connectivity index (χ2v) is 4.31. The van der Waals surface area contributed by atoms with Crippen LogP contribution in [0.5, 0.6) is 0 Å². The number of hydrogen-bond donors (Lipinski definition) is 2. The highest BCUT2D eigenvalue weighted by Gasteiger charge is 2.14. The van der Waals surface area contributed by atoms with Gasteiger partial charge in [0.15, 0.2) is 0 Å². The van der Waals surface area contributed by atoms with Crippen LogP contribution in [0.2, 0.25) is 0 Å². The maximum atomic E-state index is 12.0. The Morgan fingerprint density at radius 2 is 2.00 bits per heavy atom. The Kier molecular flexibility index (Phi) is 3.84. The number of nitrogens with zero attached hydrogens (tertiary/aromatic N) is 1. The van der Waals surface area contributed by atoms with Crippen LogP contribution in [0.25, 0.3) is 10.9 Å². The Hall–Kier alpha value is -2.63. The van der Waals surface area contributed by atoms with Gasteiger partial charge in [-0.05, 0) is 12.1 Å². The molecular weight excluding hydrogens is 260 g/mol. The summed E-state index contributed by atoms with van der Waals surface area (Å²) in [5, 5.41) is 11.9. The minimum Gasteiger partial charge on any atom is -0.477 e. The molecular formula is C14H14N2O4. The van der Waals surface area contributed by atoms with Crippen molar-refractivity contribution in [2.75, 3.05) is 7.05 Å². The lowest BCUT2D eigenvalue weighted by atomic mass is 10.1. The molecule has 0 unspecified atom stereocenters. The average Bonchev–Trinajstić information content (AvgIpc) is 2.46. The van der Waals surface area contributed by atoms with Crippen LogP contribution in [0.1, 0.15) is 16.8 Å². The number of hydrogen-bond acceptors (Lipinski definition) is 3. The number of aryl methyl sites for hydroxylation is 1. The highest BCUT2D eigenvalue weighted by Crippen LogP contribution is 2.12. The van der Waals surface area contributed by atoms with E-state index in [4.69, 9.17) is 5.11 Å². The van der Waals surface area contributed by atoms with E-state index in [2.05, 4.69) is 5.32 Å². The summed E-state index contributed by atoms with van der Waals surface area (Å²) in [5.74, 6) is -1.42. The van der Waals surface area contributed by atoms with Crippen molar-refractivity contribution in [3.63, 3.8) is 0 Å². The predicted octanol–water partition coefficient (Wildman–Crippen LogP) is 0.836. The van der Waals surface area contributed by atoms with E-state index < -0.39 is 11.4 Å². The molecule has 2 N–H and O–H groups in total. The number of para-hydroxylation sites is 1. The van der Waals surface area contributed by atoms with E-state index in [9.17, 15) is 14.4 Å². The number of aromatic carboxylic acids is 1. The van der Waals surface area contributed by atoms with Gasteiger partial charge >= 0.3 is 5.97 Å². The van der Waals surface area contributed by atoms with Crippen molar-refractivity contribution in [1.29, 1.82) is 0 Å². The molecule has 6 nitrogen and oxygen atoms in total. The van der Waals surface area contributed by atoms with Crippen LogP contribution < -0.4 is 10.7 Å². The molecule has 0 radical (unpaired) electrons. The zero-order valence-corrected chi connectivity index (χ0v) is 10.9. The Labute approximate surface area is 114 Å². The Morgan fingerprint density at radius 1 is 1.30 bits per heavy atom. The Balaban J connectivity index is 2.58. The molecule has 0 saturated heterocycles. The molecule has 20 heavy (non-hydrogen) atoms. The van der Waals surface area contributed by atoms with E-state index >= 15 is 0 Å². The van der Waals surface area contributed by atoms with Gasteiger partial charge < -0.3 is 15.0 Å². The van der Waals surface area contributed by atoms with Gasteiger partial charge in [0.2, 0.25) is 11.3 Å². The number of carbonyl (C=O) groups is 2. The molecule has 0 saturated carbocycles. The first-order valence-electron chi connectivity index (χ1n) is 6.10. The minimum absolute atomic E-state index is 0.148. The lowest BCUT2D eigenvalue weighted by Gasteiger charge is -2.11. The number of nitrogens with one attached hydrogen (secondary N) is 1. The van der Waals surface area contributed by atoms with Crippen molar-refractivity contribution in [2.45, 2.75) is 13.0 Å². The molecule has 6 heteroatoms. The number of amides is 1. The number of carboxylic acid groups (broad SMARTS) is 1. The van der Waals surface area contributed by atoms with Gasteiger partial charge in [0.1, 0.15) is 5.56 Å². The van der Waals surface area contributed by atoms with Crippen molar-refractivity contribution in [3.05, 3.63) is 46.2 Å². The second kappa shape index (κ2) is 5.56. The van der Waals surface area contributed by atoms with E-state index in [1.165, 1.54) is 13.2 Å². The van der Waals surface area contributed by atoms with Crippen LogP contribution in [-0.2, 0) is 11.3 Å². The van der Waals surface area contributed by atoms with Gasteiger partial charge in [0, 0.05) is 31.6 Å². The normalized spacial score (nSPS) is 10.4. The number of pyridine rings is 1. The molecule has 104 valence electrons. The van der Waals surface area contributed by atoms with Crippen LogP contribution in [0.4, 0.5) is 0 Å². The second-order valence-electron chi connectivity index (χ2n) is 4.31. The molecule has 1 aromatic heterocycles. The van der Waals surface area contributed by atoms with E-state index in [1.54, 1.807) is 28.8 Å². The highest BCUT2D eigenvalue weighted by molar-refractivity contribution is 5.92. The summed E-state index contributed by atoms with van der Waals surface area (Å²) in [5.41, 5.74) is -0.184. The maximum Gasteiger partial charge on any atom is 0.341 e. The smallest absolute Gasteiger partial charge is 0.341 e. The van der Waals surface area contributed by atoms with Crippen molar-refractivity contribution in [1.82, 2.24) is 9.88 Å². The minimum atomic E-state index is -1.27. The van der Waals surface area contributed by atoms with E-state index in [-0.39, 0.29) is 17.9 Å². The fraction of sp³-hybridized carbons (Fsp3) is 0.214. The molecule has 0 fully saturated rings. The number of fused-ring (bicyclic) bond motifs is 1. The van der Waals surface area contributed by atoms with Crippen LogP contribution in [0, 0.1) is 0 Å². The third-order valence-corrected chi connectivity index (χ3v) is 3.08. The van der Waals surface area contributed by atoms with Crippen molar-refractivity contribution in [2.24, 2.45) is 0 Å². The summed E-state index contributed by atoms with van der Waals surface area (Å²) in [6.07, 6.45) is 1.50.